The van der Waals surface area contributed by atoms with Crippen LogP contribution in [0.15, 0.2) is 166 Å². The van der Waals surface area contributed by atoms with Gasteiger partial charge in [-0.15, -0.1) is 0 Å². The van der Waals surface area contributed by atoms with Gasteiger partial charge in [-0.3, -0.25) is 9.59 Å². The number of nitrogens with zero attached hydrogens (tertiary/aromatic N) is 6. The number of nitrogens with one attached hydrogen (secondary N) is 2. The second-order valence-electron chi connectivity index (χ2n) is 13.4. The molecule has 2 aromatic heterocycles. The molecule has 4 aromatic carbocycles. The molecule has 6 aromatic rings. The summed E-state index contributed by atoms with van der Waals surface area (Å²) in [6, 6.07) is 38.5. The number of Topliss-reactive ketones (excluding diaryl/α,β-unsaturated/α-hetero) is 2. The van der Waals surface area contributed by atoms with E-state index in [1.165, 1.54) is 21.6 Å². The molecule has 0 amide bonds. The number of rotatable bonds is 8. The molecule has 0 aliphatic carbocycles. The average Bonchev–Trinajstić information content (AvgIpc) is 3.87. The minimum atomic E-state index is -0.610. The van der Waals surface area contributed by atoms with Crippen molar-refractivity contribution in [2.45, 2.75) is 39.8 Å². The van der Waals surface area contributed by atoms with Crippen LogP contribution in [0.4, 0.5) is 0 Å². The summed E-state index contributed by atoms with van der Waals surface area (Å²) < 4.78 is 3.69. The normalized spacial score (nSPS) is 16.9. The molecule has 0 bridgehead atoms. The standard InChI is InChI=1S/C44H38N8O2S2/c1-27-37(29(3)53)41(35-25-51(33-21-13-7-14-22-33)49-39(35)31-17-9-5-10-18-31)47-43(45-27)55-56-44-46-28(2)38(30(4)54)42(48-44)36-26-52(34-23-15-8-16-24-34)50-40(36)32-19-11-6-12-20-32/h5-26,41-42H,1-4H3,(H,45,47)(H,46,48). The Balaban J connectivity index is 1.16. The lowest BCUT2D eigenvalue weighted by Gasteiger charge is -2.27. The molecule has 0 saturated heterocycles. The Labute approximate surface area is 333 Å². The third-order valence-electron chi connectivity index (χ3n) is 9.60. The van der Waals surface area contributed by atoms with Crippen LogP contribution in [-0.4, -0.2) is 41.5 Å². The first-order chi connectivity index (χ1) is 27.2. The van der Waals surface area contributed by atoms with Gasteiger partial charge >= 0.3 is 0 Å². The number of aliphatic imine (C=N–C) groups is 2. The highest BCUT2D eigenvalue weighted by molar-refractivity contribution is 8.87. The maximum absolute atomic E-state index is 13.3. The van der Waals surface area contributed by atoms with E-state index in [9.17, 15) is 9.59 Å². The zero-order chi connectivity index (χ0) is 38.8. The average molecular weight is 775 g/mol. The highest BCUT2D eigenvalue weighted by Crippen LogP contribution is 2.42. The third-order valence-corrected chi connectivity index (χ3v) is 11.6. The van der Waals surface area contributed by atoms with Crippen molar-refractivity contribution in [3.63, 3.8) is 0 Å². The van der Waals surface area contributed by atoms with Gasteiger partial charge in [0.1, 0.15) is 12.1 Å². The molecule has 0 fully saturated rings. The smallest absolute Gasteiger partial charge is 0.173 e. The number of hydrogen-bond donors (Lipinski definition) is 2. The molecule has 2 unspecified atom stereocenters. The minimum Gasteiger partial charge on any atom is -0.338 e. The largest absolute Gasteiger partial charge is 0.338 e. The Morgan fingerprint density at radius 1 is 0.536 bits per heavy atom. The molecule has 12 heteroatoms. The lowest BCUT2D eigenvalue weighted by Crippen LogP contribution is -2.31. The molecule has 2 atom stereocenters. The number of benzene rings is 4. The van der Waals surface area contributed by atoms with Crippen molar-refractivity contribution in [3.8, 4) is 33.9 Å². The Bertz CT molecular complexity index is 2380. The molecule has 10 nitrogen and oxygen atoms in total. The Hall–Kier alpha value is -6.24. The van der Waals surface area contributed by atoms with Gasteiger partial charge in [0.25, 0.3) is 0 Å². The van der Waals surface area contributed by atoms with Crippen molar-refractivity contribution in [1.82, 2.24) is 30.2 Å². The van der Waals surface area contributed by atoms with E-state index in [4.69, 9.17) is 20.2 Å². The first-order valence-electron chi connectivity index (χ1n) is 18.1. The predicted molar refractivity (Wildman–Crippen MR) is 227 cm³/mol. The molecule has 278 valence electrons. The Morgan fingerprint density at radius 3 is 1.21 bits per heavy atom. The van der Waals surface area contributed by atoms with Gasteiger partial charge < -0.3 is 10.6 Å². The number of carbonyl (C=O) groups excluding carboxylic acids is 2. The van der Waals surface area contributed by atoms with Crippen molar-refractivity contribution < 1.29 is 9.59 Å². The fourth-order valence-electron chi connectivity index (χ4n) is 7.06. The molecule has 4 heterocycles. The lowest BCUT2D eigenvalue weighted by atomic mass is 9.92. The molecule has 2 N–H and O–H groups in total. The summed E-state index contributed by atoms with van der Waals surface area (Å²) >= 11 is 0. The van der Waals surface area contributed by atoms with E-state index < -0.39 is 12.1 Å². The lowest BCUT2D eigenvalue weighted by molar-refractivity contribution is -0.114. The quantitative estimate of drug-likeness (QED) is 0.147. The maximum atomic E-state index is 13.3. The van der Waals surface area contributed by atoms with Gasteiger partial charge in [0.05, 0.1) is 22.8 Å². The third kappa shape index (κ3) is 7.40. The summed E-state index contributed by atoms with van der Waals surface area (Å²) in [5.74, 6) is -0.147. The van der Waals surface area contributed by atoms with Crippen molar-refractivity contribution in [1.29, 1.82) is 0 Å². The van der Waals surface area contributed by atoms with E-state index in [1.807, 2.05) is 157 Å². The fourth-order valence-corrected chi connectivity index (χ4v) is 8.89. The summed E-state index contributed by atoms with van der Waals surface area (Å²) in [5.41, 5.74) is 9.38. The number of carbonyl (C=O) groups is 2. The van der Waals surface area contributed by atoms with E-state index in [0.29, 0.717) is 21.5 Å². The van der Waals surface area contributed by atoms with Crippen LogP contribution >= 0.6 is 21.6 Å². The van der Waals surface area contributed by atoms with Crippen LogP contribution in [0.2, 0.25) is 0 Å². The van der Waals surface area contributed by atoms with Gasteiger partial charge in [0.2, 0.25) is 0 Å². The minimum absolute atomic E-state index is 0.0733. The van der Waals surface area contributed by atoms with Gasteiger partial charge in [-0.2, -0.15) is 10.2 Å². The van der Waals surface area contributed by atoms with Crippen LogP contribution in [-0.2, 0) is 9.59 Å². The highest BCUT2D eigenvalue weighted by atomic mass is 33.1. The second kappa shape index (κ2) is 15.9. The fraction of sp³-hybridized carbons (Fsp3) is 0.136. The van der Waals surface area contributed by atoms with Gasteiger partial charge in [-0.25, -0.2) is 19.3 Å². The number of hydrogen-bond acceptors (Lipinski definition) is 10. The SMILES string of the molecule is CC(=O)C1=C(C)NC(SSC2=NC(c3cn(-c4ccccc4)nc3-c3ccccc3)C(C(C)=O)=C(C)N2)=NC1c1cn(-c2ccccc2)nc1-c1ccccc1. The molecule has 2 aliphatic rings. The van der Waals surface area contributed by atoms with E-state index in [1.54, 1.807) is 13.8 Å². The molecular weight excluding hydrogens is 737 g/mol. The van der Waals surface area contributed by atoms with Crippen molar-refractivity contribution in [2.24, 2.45) is 9.98 Å². The molecule has 56 heavy (non-hydrogen) atoms. The summed E-state index contributed by atoms with van der Waals surface area (Å²) in [7, 11) is 2.79. The first-order valence-corrected chi connectivity index (χ1v) is 20.3. The molecular formula is C44H38N8O2S2. The highest BCUT2D eigenvalue weighted by Gasteiger charge is 2.34. The summed E-state index contributed by atoms with van der Waals surface area (Å²) in [6.07, 6.45) is 3.94. The van der Waals surface area contributed by atoms with Gasteiger partial charge in [0, 0.05) is 57.2 Å². The zero-order valence-electron chi connectivity index (χ0n) is 31.2. The van der Waals surface area contributed by atoms with E-state index in [0.717, 1.165) is 56.4 Å². The number of allylic oxidation sites excluding steroid dienone is 2. The molecule has 0 spiro atoms. The van der Waals surface area contributed by atoms with Crippen LogP contribution in [0, 0.1) is 0 Å². The van der Waals surface area contributed by atoms with Gasteiger partial charge in [-0.05, 0) is 73.5 Å². The summed E-state index contributed by atoms with van der Waals surface area (Å²) in [4.78, 5) is 36.9. The molecule has 0 radical (unpaired) electrons. The zero-order valence-corrected chi connectivity index (χ0v) is 32.8. The van der Waals surface area contributed by atoms with E-state index >= 15 is 0 Å². The van der Waals surface area contributed by atoms with Gasteiger partial charge in [-0.1, -0.05) is 97.1 Å². The van der Waals surface area contributed by atoms with E-state index in [-0.39, 0.29) is 11.6 Å². The monoisotopic (exact) mass is 774 g/mol. The summed E-state index contributed by atoms with van der Waals surface area (Å²) in [6.45, 7) is 6.96. The number of para-hydroxylation sites is 2. The van der Waals surface area contributed by atoms with Crippen molar-refractivity contribution in [2.75, 3.05) is 0 Å². The molecule has 0 saturated carbocycles. The van der Waals surface area contributed by atoms with Crippen LogP contribution in [0.25, 0.3) is 33.9 Å². The number of aromatic nitrogens is 4. The van der Waals surface area contributed by atoms with Crippen LogP contribution in [0.1, 0.15) is 50.9 Å². The first kappa shape index (κ1) is 36.7. The van der Waals surface area contributed by atoms with Crippen molar-refractivity contribution in [3.05, 3.63) is 167 Å². The van der Waals surface area contributed by atoms with E-state index in [2.05, 4.69) is 10.6 Å². The number of amidine groups is 2. The predicted octanol–water partition coefficient (Wildman–Crippen LogP) is 9.20. The topological polar surface area (TPSA) is 119 Å². The Morgan fingerprint density at radius 2 is 0.875 bits per heavy atom. The second-order valence-corrected chi connectivity index (χ2v) is 15.5. The van der Waals surface area contributed by atoms with Crippen LogP contribution in [0.5, 0.6) is 0 Å². The van der Waals surface area contributed by atoms with Crippen LogP contribution < -0.4 is 10.6 Å². The molecule has 8 rings (SSSR count). The van der Waals surface area contributed by atoms with Crippen molar-refractivity contribution >= 4 is 43.5 Å². The Kier molecular flexibility index (Phi) is 10.4. The number of ketones is 2. The van der Waals surface area contributed by atoms with Gasteiger partial charge in [0.15, 0.2) is 21.9 Å². The van der Waals surface area contributed by atoms with Crippen LogP contribution in [0.3, 0.4) is 0 Å². The maximum Gasteiger partial charge on any atom is 0.173 e. The summed E-state index contributed by atoms with van der Waals surface area (Å²) in [5, 5.41) is 18.0. The molecule has 2 aliphatic heterocycles.